The number of benzene rings is 3. The van der Waals surface area contributed by atoms with Crippen molar-refractivity contribution in [3.05, 3.63) is 99.0 Å². The molecule has 2 nitrogen and oxygen atoms in total. The summed E-state index contributed by atoms with van der Waals surface area (Å²) in [6.07, 6.45) is 0. The van der Waals surface area contributed by atoms with Gasteiger partial charge in [-0.05, 0) is 70.0 Å². The SMILES string of the molecule is Cc1ccccc1[C@H](NC(=S)Nc1ccc(Br)c(Cl)c1)c1ccccc1. The molecule has 0 unspecified atom stereocenters. The Bertz CT molecular complexity index is 915. The minimum absolute atomic E-state index is 0.0386. The van der Waals surface area contributed by atoms with Gasteiger partial charge in [-0.15, -0.1) is 0 Å². The lowest BCUT2D eigenvalue weighted by Gasteiger charge is -2.23. The zero-order chi connectivity index (χ0) is 18.5. The monoisotopic (exact) mass is 444 g/mol. The lowest BCUT2D eigenvalue weighted by Crippen LogP contribution is -2.33. The molecular weight excluding hydrogens is 428 g/mol. The number of thiocarbonyl (C=S) groups is 1. The minimum atomic E-state index is -0.0386. The third-order valence-corrected chi connectivity index (χ3v) is 5.54. The molecule has 26 heavy (non-hydrogen) atoms. The van der Waals surface area contributed by atoms with Crippen LogP contribution >= 0.6 is 39.7 Å². The first-order valence-corrected chi connectivity index (χ1v) is 9.75. The Morgan fingerprint density at radius 3 is 2.38 bits per heavy atom. The van der Waals surface area contributed by atoms with E-state index in [1.165, 1.54) is 11.1 Å². The van der Waals surface area contributed by atoms with Gasteiger partial charge < -0.3 is 10.6 Å². The third-order valence-electron chi connectivity index (χ3n) is 4.09. The normalized spacial score (nSPS) is 11.7. The number of halogens is 2. The molecule has 0 spiro atoms. The summed E-state index contributed by atoms with van der Waals surface area (Å²) in [7, 11) is 0. The Morgan fingerprint density at radius 2 is 1.69 bits per heavy atom. The van der Waals surface area contributed by atoms with E-state index in [2.05, 4.69) is 57.8 Å². The molecule has 0 saturated carbocycles. The fourth-order valence-corrected chi connectivity index (χ4v) is 3.43. The van der Waals surface area contributed by atoms with E-state index >= 15 is 0 Å². The molecule has 0 aliphatic carbocycles. The van der Waals surface area contributed by atoms with Crippen LogP contribution in [0, 0.1) is 6.92 Å². The van der Waals surface area contributed by atoms with Crippen LogP contribution in [0.4, 0.5) is 5.69 Å². The molecule has 0 radical (unpaired) electrons. The van der Waals surface area contributed by atoms with Crippen LogP contribution in [0.5, 0.6) is 0 Å². The zero-order valence-corrected chi connectivity index (χ0v) is 17.3. The maximum absolute atomic E-state index is 6.17. The highest BCUT2D eigenvalue weighted by Gasteiger charge is 2.17. The van der Waals surface area contributed by atoms with Gasteiger partial charge in [0.1, 0.15) is 0 Å². The standard InChI is InChI=1S/C21H18BrClN2S/c1-14-7-5-6-10-17(14)20(15-8-3-2-4-9-15)25-21(26)24-16-11-12-18(22)19(23)13-16/h2-13,20H,1H3,(H2,24,25,26)/t20-/m1/s1. The van der Waals surface area contributed by atoms with Crippen molar-refractivity contribution in [2.24, 2.45) is 0 Å². The Hall–Kier alpha value is -1.88. The number of aryl methyl sites for hydroxylation is 1. The first-order chi connectivity index (χ1) is 12.5. The zero-order valence-electron chi connectivity index (χ0n) is 14.2. The first kappa shape index (κ1) is 18.9. The van der Waals surface area contributed by atoms with E-state index in [9.17, 15) is 0 Å². The van der Waals surface area contributed by atoms with E-state index < -0.39 is 0 Å². The molecule has 0 aliphatic rings. The van der Waals surface area contributed by atoms with Gasteiger partial charge in [-0.3, -0.25) is 0 Å². The Labute approximate surface area is 172 Å². The second-order valence-corrected chi connectivity index (χ2v) is 7.60. The molecule has 5 heteroatoms. The quantitative estimate of drug-likeness (QED) is 0.449. The molecule has 0 saturated heterocycles. The van der Waals surface area contributed by atoms with Crippen molar-refractivity contribution in [3.8, 4) is 0 Å². The van der Waals surface area contributed by atoms with Crippen molar-refractivity contribution >= 4 is 50.5 Å². The average Bonchev–Trinajstić information content (AvgIpc) is 2.64. The van der Waals surface area contributed by atoms with Crippen LogP contribution in [0.1, 0.15) is 22.7 Å². The predicted octanol–water partition coefficient (Wildman–Crippen LogP) is 6.49. The van der Waals surface area contributed by atoms with Gasteiger partial charge in [0.05, 0.1) is 11.1 Å². The smallest absolute Gasteiger partial charge is 0.171 e. The van der Waals surface area contributed by atoms with E-state index in [0.29, 0.717) is 10.1 Å². The van der Waals surface area contributed by atoms with Crippen LogP contribution in [0.15, 0.2) is 77.3 Å². The third kappa shape index (κ3) is 4.64. The van der Waals surface area contributed by atoms with E-state index in [1.54, 1.807) is 0 Å². The molecule has 0 aliphatic heterocycles. The maximum atomic E-state index is 6.17. The van der Waals surface area contributed by atoms with E-state index in [-0.39, 0.29) is 6.04 Å². The minimum Gasteiger partial charge on any atom is -0.352 e. The van der Waals surface area contributed by atoms with Gasteiger partial charge in [-0.25, -0.2) is 0 Å². The summed E-state index contributed by atoms with van der Waals surface area (Å²) in [6.45, 7) is 2.11. The van der Waals surface area contributed by atoms with Gasteiger partial charge in [0.15, 0.2) is 5.11 Å². The Morgan fingerprint density at radius 1 is 1.00 bits per heavy atom. The highest BCUT2D eigenvalue weighted by molar-refractivity contribution is 9.10. The summed E-state index contributed by atoms with van der Waals surface area (Å²) in [5.74, 6) is 0. The van der Waals surface area contributed by atoms with Crippen LogP contribution in [0.25, 0.3) is 0 Å². The molecule has 3 rings (SSSR count). The number of anilines is 1. The number of hydrogen-bond acceptors (Lipinski definition) is 1. The Kier molecular flexibility index (Phi) is 6.30. The van der Waals surface area contributed by atoms with E-state index in [4.69, 9.17) is 23.8 Å². The van der Waals surface area contributed by atoms with Gasteiger partial charge in [0.2, 0.25) is 0 Å². The van der Waals surface area contributed by atoms with Crippen molar-refractivity contribution in [2.75, 3.05) is 5.32 Å². The lowest BCUT2D eigenvalue weighted by atomic mass is 9.95. The second-order valence-electron chi connectivity index (χ2n) is 5.93. The summed E-state index contributed by atoms with van der Waals surface area (Å²) in [4.78, 5) is 0. The topological polar surface area (TPSA) is 24.1 Å². The molecule has 0 fully saturated rings. The van der Waals surface area contributed by atoms with Gasteiger partial charge in [-0.2, -0.15) is 0 Å². The molecule has 2 N–H and O–H groups in total. The van der Waals surface area contributed by atoms with Crippen molar-refractivity contribution in [2.45, 2.75) is 13.0 Å². The van der Waals surface area contributed by atoms with Crippen LogP contribution < -0.4 is 10.6 Å². The fourth-order valence-electron chi connectivity index (χ4n) is 2.77. The van der Waals surface area contributed by atoms with Gasteiger partial charge in [0.25, 0.3) is 0 Å². The van der Waals surface area contributed by atoms with Gasteiger partial charge >= 0.3 is 0 Å². The van der Waals surface area contributed by atoms with Crippen LogP contribution in [-0.2, 0) is 0 Å². The molecule has 0 bridgehead atoms. The van der Waals surface area contributed by atoms with Gasteiger partial charge in [0, 0.05) is 10.2 Å². The van der Waals surface area contributed by atoms with Crippen molar-refractivity contribution in [3.63, 3.8) is 0 Å². The summed E-state index contributed by atoms with van der Waals surface area (Å²) in [5, 5.41) is 7.83. The number of nitrogens with one attached hydrogen (secondary N) is 2. The second kappa shape index (κ2) is 8.67. The summed E-state index contributed by atoms with van der Waals surface area (Å²) >= 11 is 15.1. The first-order valence-electron chi connectivity index (χ1n) is 8.17. The maximum Gasteiger partial charge on any atom is 0.171 e. The summed E-state index contributed by atoms with van der Waals surface area (Å²) < 4.78 is 0.852. The lowest BCUT2D eigenvalue weighted by molar-refractivity contribution is 0.762. The highest BCUT2D eigenvalue weighted by atomic mass is 79.9. The van der Waals surface area contributed by atoms with Gasteiger partial charge in [-0.1, -0.05) is 66.2 Å². The van der Waals surface area contributed by atoms with E-state index in [0.717, 1.165) is 15.7 Å². The average molecular weight is 446 g/mol. The molecular formula is C21H18BrClN2S. The highest BCUT2D eigenvalue weighted by Crippen LogP contribution is 2.27. The van der Waals surface area contributed by atoms with Crippen molar-refractivity contribution in [1.82, 2.24) is 5.32 Å². The summed E-state index contributed by atoms with van der Waals surface area (Å²) in [5.41, 5.74) is 4.40. The van der Waals surface area contributed by atoms with Crippen molar-refractivity contribution < 1.29 is 0 Å². The summed E-state index contributed by atoms with van der Waals surface area (Å²) in [6, 6.07) is 24.2. The molecule has 0 aromatic heterocycles. The molecule has 1 atom stereocenters. The largest absolute Gasteiger partial charge is 0.352 e. The molecule has 132 valence electrons. The van der Waals surface area contributed by atoms with Crippen LogP contribution in [0.2, 0.25) is 5.02 Å². The molecule has 0 heterocycles. The molecule has 0 amide bonds. The molecule has 3 aromatic rings. The van der Waals surface area contributed by atoms with E-state index in [1.807, 2.05) is 48.5 Å². The van der Waals surface area contributed by atoms with Crippen molar-refractivity contribution in [1.29, 1.82) is 0 Å². The van der Waals surface area contributed by atoms with Crippen LogP contribution in [0.3, 0.4) is 0 Å². The predicted molar refractivity (Wildman–Crippen MR) is 118 cm³/mol. The molecule has 3 aromatic carbocycles. The number of rotatable bonds is 4. The number of hydrogen-bond donors (Lipinski definition) is 2. The Balaban J connectivity index is 1.85. The fraction of sp³-hybridized carbons (Fsp3) is 0.0952. The van der Waals surface area contributed by atoms with Crippen LogP contribution in [-0.4, -0.2) is 5.11 Å².